The van der Waals surface area contributed by atoms with E-state index in [2.05, 4.69) is 29.9 Å². The molecule has 0 aliphatic heterocycles. The van der Waals surface area contributed by atoms with Gasteiger partial charge in [-0.25, -0.2) is 0 Å². The largest absolute Gasteiger partial charge is 0.468 e. The van der Waals surface area contributed by atoms with Crippen molar-refractivity contribution in [2.24, 2.45) is 16.7 Å². The van der Waals surface area contributed by atoms with Crippen LogP contribution in [0.5, 0.6) is 0 Å². The van der Waals surface area contributed by atoms with Crippen molar-refractivity contribution in [3.63, 3.8) is 0 Å². The molecule has 9 heteroatoms. The highest BCUT2D eigenvalue weighted by Crippen LogP contribution is 2.26. The fourth-order valence-electron chi connectivity index (χ4n) is 3.45. The Balaban J connectivity index is 5.60. The first-order valence-corrected chi connectivity index (χ1v) is 11.7. The summed E-state index contributed by atoms with van der Waals surface area (Å²) in [7, 11) is 7.53. The number of amides is 2. The number of nitrogens with one attached hydrogen (secondary N) is 3. The highest BCUT2D eigenvalue weighted by atomic mass is 31.0. The molecule has 0 aliphatic rings. The van der Waals surface area contributed by atoms with Crippen LogP contribution >= 0.6 is 9.24 Å². The first-order chi connectivity index (χ1) is 14.1. The van der Waals surface area contributed by atoms with Gasteiger partial charge in [0.1, 0.15) is 6.04 Å². The summed E-state index contributed by atoms with van der Waals surface area (Å²) in [6.45, 7) is 14.4. The molecule has 1 unspecified atom stereocenters. The van der Waals surface area contributed by atoms with E-state index < -0.39 is 17.5 Å². The van der Waals surface area contributed by atoms with Gasteiger partial charge < -0.3 is 25.6 Å². The average Bonchev–Trinajstić information content (AvgIpc) is 2.67. The van der Waals surface area contributed by atoms with E-state index >= 15 is 0 Å². The molecule has 0 fully saturated rings. The number of nitrogens with zero attached hydrogens (tertiary/aromatic N) is 1. The van der Waals surface area contributed by atoms with Gasteiger partial charge in [-0.15, -0.1) is 9.24 Å². The standard InChI is InChI=1S/C22H45N4O4P/c1-14(2)15(11-24-12-16(27)30-10)26(9)20(29)18(21(3,4)5)25-19(28)17(23-8)22(6,7)13-31/h14-15,17-18,23-24H,11-13,31H2,1-10H3,(H,25,28)/t15-,17-,18-/m1/s1. The molecule has 4 atom stereocenters. The number of esters is 1. The fourth-order valence-corrected chi connectivity index (χ4v) is 3.69. The van der Waals surface area contributed by atoms with E-state index in [1.54, 1.807) is 19.0 Å². The van der Waals surface area contributed by atoms with Gasteiger partial charge in [0.2, 0.25) is 11.8 Å². The summed E-state index contributed by atoms with van der Waals surface area (Å²) in [4.78, 5) is 39.7. The van der Waals surface area contributed by atoms with Crippen LogP contribution in [-0.2, 0) is 19.1 Å². The summed E-state index contributed by atoms with van der Waals surface area (Å²) < 4.78 is 4.66. The minimum absolute atomic E-state index is 0.0785. The van der Waals surface area contributed by atoms with E-state index in [1.807, 2.05) is 48.5 Å². The zero-order valence-electron chi connectivity index (χ0n) is 21.1. The van der Waals surface area contributed by atoms with Gasteiger partial charge >= 0.3 is 5.97 Å². The second kappa shape index (κ2) is 12.7. The van der Waals surface area contributed by atoms with Crippen LogP contribution in [0.1, 0.15) is 48.5 Å². The summed E-state index contributed by atoms with van der Waals surface area (Å²) in [5, 5.41) is 9.17. The van der Waals surface area contributed by atoms with Crippen LogP contribution in [-0.4, -0.2) is 81.3 Å². The van der Waals surface area contributed by atoms with Crippen molar-refractivity contribution >= 4 is 27.0 Å². The van der Waals surface area contributed by atoms with Gasteiger partial charge in [-0.05, 0) is 30.0 Å². The first-order valence-electron chi connectivity index (χ1n) is 10.9. The lowest BCUT2D eigenvalue weighted by Gasteiger charge is -2.40. The molecule has 3 N–H and O–H groups in total. The third-order valence-corrected chi connectivity index (χ3v) is 6.78. The lowest BCUT2D eigenvalue weighted by molar-refractivity contribution is -0.142. The predicted octanol–water partition coefficient (Wildman–Crippen LogP) is 1.25. The lowest BCUT2D eigenvalue weighted by atomic mass is 9.82. The molecule has 0 heterocycles. The van der Waals surface area contributed by atoms with Crippen LogP contribution in [0.15, 0.2) is 0 Å². The third-order valence-electron chi connectivity index (χ3n) is 5.72. The minimum atomic E-state index is -0.692. The van der Waals surface area contributed by atoms with Crippen molar-refractivity contribution in [1.82, 2.24) is 20.9 Å². The molecular weight excluding hydrogens is 415 g/mol. The highest BCUT2D eigenvalue weighted by Gasteiger charge is 2.40. The van der Waals surface area contributed by atoms with Crippen molar-refractivity contribution in [3.05, 3.63) is 0 Å². The molecule has 0 saturated heterocycles. The van der Waals surface area contributed by atoms with Gasteiger partial charge in [-0.3, -0.25) is 14.4 Å². The predicted molar refractivity (Wildman–Crippen MR) is 129 cm³/mol. The van der Waals surface area contributed by atoms with Crippen LogP contribution in [0, 0.1) is 16.7 Å². The van der Waals surface area contributed by atoms with E-state index in [-0.39, 0.29) is 41.7 Å². The van der Waals surface area contributed by atoms with Gasteiger partial charge in [-0.2, -0.15) is 0 Å². The molecule has 0 aromatic carbocycles. The molecule has 0 aliphatic carbocycles. The van der Waals surface area contributed by atoms with Gasteiger partial charge in [0.25, 0.3) is 0 Å². The molecular formula is C22H45N4O4P. The van der Waals surface area contributed by atoms with Crippen LogP contribution in [0.3, 0.4) is 0 Å². The Labute approximate surface area is 191 Å². The maximum atomic E-state index is 13.5. The number of ether oxygens (including phenoxy) is 1. The summed E-state index contributed by atoms with van der Waals surface area (Å²) >= 11 is 0. The van der Waals surface area contributed by atoms with Crippen molar-refractivity contribution in [2.75, 3.05) is 40.5 Å². The second-order valence-electron chi connectivity index (χ2n) is 10.2. The van der Waals surface area contributed by atoms with E-state index in [9.17, 15) is 14.4 Å². The summed E-state index contributed by atoms with van der Waals surface area (Å²) in [6.07, 6.45) is 0.737. The number of hydrogen-bond donors (Lipinski definition) is 3. The van der Waals surface area contributed by atoms with Gasteiger partial charge in [0, 0.05) is 19.6 Å². The Kier molecular flexibility index (Phi) is 12.2. The minimum Gasteiger partial charge on any atom is -0.468 e. The molecule has 0 spiro atoms. The number of methoxy groups -OCH3 is 1. The lowest BCUT2D eigenvalue weighted by Crippen LogP contribution is -2.62. The van der Waals surface area contributed by atoms with E-state index in [1.165, 1.54) is 7.11 Å². The maximum absolute atomic E-state index is 13.5. The first kappa shape index (κ1) is 29.8. The Morgan fingerprint density at radius 3 is 2.00 bits per heavy atom. The number of likely N-dealkylation sites (N-methyl/N-ethyl adjacent to an activating group) is 2. The normalized spacial score (nSPS) is 15.2. The number of carbonyl (C=O) groups is 3. The Bertz CT molecular complexity index is 605. The highest BCUT2D eigenvalue weighted by molar-refractivity contribution is 7.16. The summed E-state index contributed by atoms with van der Waals surface area (Å²) in [5.41, 5.74) is -0.773. The Morgan fingerprint density at radius 1 is 1.06 bits per heavy atom. The molecule has 0 saturated carbocycles. The van der Waals surface area contributed by atoms with Crippen LogP contribution in [0.4, 0.5) is 0 Å². The SMILES string of the molecule is CN[C@H](C(=O)N[C@H](C(=O)N(C)[C@H](CNCC(=O)OC)C(C)C)C(C)(C)C)C(C)(C)CP. The molecule has 2 amide bonds. The molecule has 0 rings (SSSR count). The van der Waals surface area contributed by atoms with Crippen molar-refractivity contribution in [2.45, 2.75) is 66.6 Å². The van der Waals surface area contributed by atoms with Crippen molar-refractivity contribution < 1.29 is 19.1 Å². The third kappa shape index (κ3) is 9.03. The molecule has 0 bridgehead atoms. The van der Waals surface area contributed by atoms with Crippen molar-refractivity contribution in [3.8, 4) is 0 Å². The topological polar surface area (TPSA) is 99.8 Å². The number of hydrogen-bond acceptors (Lipinski definition) is 6. The van der Waals surface area contributed by atoms with Gasteiger partial charge in [0.05, 0.1) is 19.7 Å². The molecule has 0 aromatic heterocycles. The zero-order chi connectivity index (χ0) is 24.6. The molecule has 31 heavy (non-hydrogen) atoms. The summed E-state index contributed by atoms with van der Waals surface area (Å²) in [6, 6.07) is -1.28. The number of carbonyl (C=O) groups excluding carboxylic acids is 3. The maximum Gasteiger partial charge on any atom is 0.319 e. The average molecular weight is 461 g/mol. The Hall–Kier alpha value is -1.24. The monoisotopic (exact) mass is 460 g/mol. The van der Waals surface area contributed by atoms with Crippen molar-refractivity contribution in [1.29, 1.82) is 0 Å². The van der Waals surface area contributed by atoms with E-state index in [0.29, 0.717) is 6.54 Å². The van der Waals surface area contributed by atoms with Gasteiger partial charge in [-0.1, -0.05) is 48.5 Å². The molecule has 8 nitrogen and oxygen atoms in total. The fraction of sp³-hybridized carbons (Fsp3) is 0.864. The van der Waals surface area contributed by atoms with E-state index in [0.717, 1.165) is 6.16 Å². The number of rotatable bonds is 12. The zero-order valence-corrected chi connectivity index (χ0v) is 22.2. The smallest absolute Gasteiger partial charge is 0.319 e. The summed E-state index contributed by atoms with van der Waals surface area (Å²) in [5.74, 6) is -0.554. The van der Waals surface area contributed by atoms with Crippen LogP contribution in [0.2, 0.25) is 0 Å². The Morgan fingerprint density at radius 2 is 1.61 bits per heavy atom. The van der Waals surface area contributed by atoms with Crippen LogP contribution < -0.4 is 16.0 Å². The van der Waals surface area contributed by atoms with E-state index in [4.69, 9.17) is 0 Å². The second-order valence-corrected chi connectivity index (χ2v) is 10.6. The van der Waals surface area contributed by atoms with Crippen LogP contribution in [0.25, 0.3) is 0 Å². The quantitative estimate of drug-likeness (QED) is 0.300. The molecule has 0 radical (unpaired) electrons. The molecule has 0 aromatic rings. The van der Waals surface area contributed by atoms with Gasteiger partial charge in [0.15, 0.2) is 0 Å². The molecule has 182 valence electrons.